The number of nitrogens with two attached hydrogens (primary N) is 1. The molecular formula is C11H16N8O. The van der Waals surface area contributed by atoms with Crippen LogP contribution < -0.4 is 16.6 Å². The van der Waals surface area contributed by atoms with E-state index in [2.05, 4.69) is 30.7 Å². The van der Waals surface area contributed by atoms with Gasteiger partial charge in [0.25, 0.3) is 0 Å². The lowest BCUT2D eigenvalue weighted by Gasteiger charge is -2.40. The van der Waals surface area contributed by atoms with Gasteiger partial charge in [-0.15, -0.1) is 0 Å². The highest BCUT2D eigenvalue weighted by Crippen LogP contribution is 2.34. The molecule has 5 N–H and O–H groups in total. The van der Waals surface area contributed by atoms with Crippen LogP contribution in [-0.2, 0) is 0 Å². The number of nitrogen functional groups attached to an aromatic ring is 1. The van der Waals surface area contributed by atoms with Crippen molar-refractivity contribution in [3.63, 3.8) is 0 Å². The minimum Gasteiger partial charge on any atom is -0.394 e. The van der Waals surface area contributed by atoms with Crippen molar-refractivity contribution in [1.82, 2.24) is 24.5 Å². The predicted molar refractivity (Wildman–Crippen MR) is 72.0 cm³/mol. The summed E-state index contributed by atoms with van der Waals surface area (Å²) < 4.78 is 1.65. The summed E-state index contributed by atoms with van der Waals surface area (Å²) in [5.41, 5.74) is 2.08. The highest BCUT2D eigenvalue weighted by Gasteiger charge is 2.37. The third-order valence-corrected chi connectivity index (χ3v) is 3.48. The maximum Gasteiger partial charge on any atom is 0.243 e. The Bertz CT molecular complexity index is 575. The summed E-state index contributed by atoms with van der Waals surface area (Å²) in [6, 6.07) is 0. The molecule has 20 heavy (non-hydrogen) atoms. The van der Waals surface area contributed by atoms with Crippen LogP contribution in [0.5, 0.6) is 0 Å². The summed E-state index contributed by atoms with van der Waals surface area (Å²) in [5.74, 6) is 6.41. The van der Waals surface area contributed by atoms with E-state index in [0.717, 1.165) is 19.3 Å². The van der Waals surface area contributed by atoms with E-state index < -0.39 is 0 Å². The Morgan fingerprint density at radius 1 is 1.30 bits per heavy atom. The fourth-order valence-corrected chi connectivity index (χ4v) is 2.14. The van der Waals surface area contributed by atoms with Gasteiger partial charge in [-0.25, -0.2) is 10.8 Å². The molecule has 0 spiro atoms. The second kappa shape index (κ2) is 5.02. The quantitative estimate of drug-likeness (QED) is 0.432. The number of aliphatic hydroxyl groups excluding tert-OH is 1. The number of aliphatic hydroxyl groups is 1. The number of rotatable bonds is 5. The lowest BCUT2D eigenvalue weighted by Crippen LogP contribution is -2.48. The molecule has 1 aliphatic rings. The van der Waals surface area contributed by atoms with Gasteiger partial charge < -0.3 is 10.4 Å². The molecular weight excluding hydrogens is 260 g/mol. The fraction of sp³-hybridized carbons (Fsp3) is 0.455. The third-order valence-electron chi connectivity index (χ3n) is 3.48. The van der Waals surface area contributed by atoms with E-state index in [1.54, 1.807) is 23.3 Å². The molecule has 2 aromatic rings. The van der Waals surface area contributed by atoms with Crippen molar-refractivity contribution in [2.24, 2.45) is 5.84 Å². The molecule has 9 heteroatoms. The largest absolute Gasteiger partial charge is 0.394 e. The van der Waals surface area contributed by atoms with Gasteiger partial charge in [-0.05, 0) is 19.3 Å². The Hall–Kier alpha value is -2.26. The Labute approximate surface area is 115 Å². The van der Waals surface area contributed by atoms with Crippen molar-refractivity contribution < 1.29 is 5.11 Å². The SMILES string of the molecule is NNc1nc(NC2(CO)CCC2)nc(-n2ccnc2)n1. The number of hydrogen-bond donors (Lipinski definition) is 4. The molecule has 9 nitrogen and oxygen atoms in total. The standard InChI is InChI=1S/C11H16N8O/c12-18-9-14-8(17-11(6-20)2-1-3-11)15-10(16-9)19-5-4-13-7-19/h4-5,7,20H,1-3,6,12H2,(H2,14,15,16,17,18). The molecule has 2 heterocycles. The Morgan fingerprint density at radius 2 is 2.10 bits per heavy atom. The molecule has 0 aliphatic heterocycles. The molecule has 106 valence electrons. The van der Waals surface area contributed by atoms with Gasteiger partial charge in [0.15, 0.2) is 0 Å². The van der Waals surface area contributed by atoms with Crippen molar-refractivity contribution in [3.8, 4) is 5.95 Å². The van der Waals surface area contributed by atoms with Crippen LogP contribution in [0, 0.1) is 0 Å². The van der Waals surface area contributed by atoms with Crippen LogP contribution in [0.3, 0.4) is 0 Å². The highest BCUT2D eigenvalue weighted by molar-refractivity contribution is 5.40. The van der Waals surface area contributed by atoms with Gasteiger partial charge in [0, 0.05) is 12.4 Å². The number of anilines is 2. The van der Waals surface area contributed by atoms with Crippen molar-refractivity contribution in [2.75, 3.05) is 17.3 Å². The van der Waals surface area contributed by atoms with E-state index >= 15 is 0 Å². The summed E-state index contributed by atoms with van der Waals surface area (Å²) in [6.07, 6.45) is 7.81. The van der Waals surface area contributed by atoms with Gasteiger partial charge in [-0.3, -0.25) is 9.99 Å². The van der Waals surface area contributed by atoms with Crippen LogP contribution in [0.1, 0.15) is 19.3 Å². The molecule has 0 saturated heterocycles. The number of hydrogen-bond acceptors (Lipinski definition) is 8. The Kier molecular flexibility index (Phi) is 3.20. The first kappa shape index (κ1) is 12.8. The zero-order valence-corrected chi connectivity index (χ0v) is 10.8. The molecule has 3 rings (SSSR count). The summed E-state index contributed by atoms with van der Waals surface area (Å²) in [6.45, 7) is 0.0461. The molecule has 0 unspecified atom stereocenters. The second-order valence-corrected chi connectivity index (χ2v) is 4.81. The molecule has 0 aromatic carbocycles. The molecule has 1 fully saturated rings. The van der Waals surface area contributed by atoms with Gasteiger partial charge in [-0.2, -0.15) is 15.0 Å². The number of nitrogens with one attached hydrogen (secondary N) is 2. The zero-order chi connectivity index (χ0) is 14.0. The topological polar surface area (TPSA) is 127 Å². The summed E-state index contributed by atoms with van der Waals surface area (Å²) in [5, 5.41) is 12.7. The minimum atomic E-state index is -0.334. The highest BCUT2D eigenvalue weighted by atomic mass is 16.3. The number of imidazole rings is 1. The van der Waals surface area contributed by atoms with Crippen LogP contribution in [0.25, 0.3) is 5.95 Å². The zero-order valence-electron chi connectivity index (χ0n) is 10.8. The molecule has 0 bridgehead atoms. The number of hydrazine groups is 1. The molecule has 0 atom stereocenters. The third kappa shape index (κ3) is 2.28. The van der Waals surface area contributed by atoms with E-state index in [9.17, 15) is 5.11 Å². The van der Waals surface area contributed by atoms with Crippen molar-refractivity contribution >= 4 is 11.9 Å². The maximum absolute atomic E-state index is 9.49. The second-order valence-electron chi connectivity index (χ2n) is 4.81. The summed E-state index contributed by atoms with van der Waals surface area (Å²) >= 11 is 0. The van der Waals surface area contributed by atoms with E-state index in [-0.39, 0.29) is 18.1 Å². The summed E-state index contributed by atoms with van der Waals surface area (Å²) in [7, 11) is 0. The summed E-state index contributed by atoms with van der Waals surface area (Å²) in [4.78, 5) is 16.6. The number of nitrogens with zero attached hydrogens (tertiary/aromatic N) is 5. The van der Waals surface area contributed by atoms with Gasteiger partial charge in [-0.1, -0.05) is 0 Å². The lowest BCUT2D eigenvalue weighted by molar-refractivity contribution is 0.143. The van der Waals surface area contributed by atoms with E-state index in [4.69, 9.17) is 5.84 Å². The van der Waals surface area contributed by atoms with Gasteiger partial charge in [0.1, 0.15) is 6.33 Å². The Balaban J connectivity index is 1.92. The van der Waals surface area contributed by atoms with Crippen LogP contribution in [0.2, 0.25) is 0 Å². The smallest absolute Gasteiger partial charge is 0.243 e. The molecule has 0 radical (unpaired) electrons. The monoisotopic (exact) mass is 276 g/mol. The van der Waals surface area contributed by atoms with Crippen molar-refractivity contribution in [2.45, 2.75) is 24.8 Å². The van der Waals surface area contributed by atoms with Gasteiger partial charge in [0.05, 0.1) is 12.1 Å². The Morgan fingerprint density at radius 3 is 2.65 bits per heavy atom. The van der Waals surface area contributed by atoms with Crippen molar-refractivity contribution in [1.29, 1.82) is 0 Å². The number of aromatic nitrogens is 5. The molecule has 2 aromatic heterocycles. The normalized spacial score (nSPS) is 16.5. The van der Waals surface area contributed by atoms with Crippen LogP contribution in [0.4, 0.5) is 11.9 Å². The van der Waals surface area contributed by atoms with E-state index in [0.29, 0.717) is 11.9 Å². The average Bonchev–Trinajstić information content (AvgIpc) is 2.96. The fourth-order valence-electron chi connectivity index (χ4n) is 2.14. The minimum absolute atomic E-state index is 0.0461. The maximum atomic E-state index is 9.49. The molecule has 1 aliphatic carbocycles. The van der Waals surface area contributed by atoms with Crippen LogP contribution in [-0.4, -0.2) is 41.8 Å². The average molecular weight is 276 g/mol. The van der Waals surface area contributed by atoms with Crippen molar-refractivity contribution in [3.05, 3.63) is 18.7 Å². The van der Waals surface area contributed by atoms with Crippen LogP contribution >= 0.6 is 0 Å². The van der Waals surface area contributed by atoms with Crippen LogP contribution in [0.15, 0.2) is 18.7 Å². The first-order valence-corrected chi connectivity index (χ1v) is 6.35. The van der Waals surface area contributed by atoms with Gasteiger partial charge >= 0.3 is 0 Å². The predicted octanol–water partition coefficient (Wildman–Crippen LogP) is -0.330. The van der Waals surface area contributed by atoms with Gasteiger partial charge in [0.2, 0.25) is 17.8 Å². The first-order valence-electron chi connectivity index (χ1n) is 6.35. The first-order chi connectivity index (χ1) is 9.74. The lowest BCUT2D eigenvalue weighted by atomic mass is 9.77. The van der Waals surface area contributed by atoms with E-state index in [1.807, 2.05) is 0 Å². The molecule has 1 saturated carbocycles. The van der Waals surface area contributed by atoms with E-state index in [1.165, 1.54) is 0 Å². The molecule has 0 amide bonds.